The normalized spacial score (nSPS) is 24.1. The molecule has 0 amide bonds. The Morgan fingerprint density at radius 3 is 2.83 bits per heavy atom. The number of hydrogen-bond acceptors (Lipinski definition) is 3. The second kappa shape index (κ2) is 6.25. The van der Waals surface area contributed by atoms with Crippen LogP contribution in [0, 0.1) is 5.41 Å². The fourth-order valence-corrected chi connectivity index (χ4v) is 4.62. The summed E-state index contributed by atoms with van der Waals surface area (Å²) in [5, 5.41) is 0. The van der Waals surface area contributed by atoms with E-state index in [1.165, 1.54) is 56.3 Å². The Hall–Kier alpha value is -1.22. The maximum Gasteiger partial charge on any atom is 0.131 e. The van der Waals surface area contributed by atoms with E-state index in [-0.39, 0.29) is 0 Å². The number of rotatable bonds is 4. The van der Waals surface area contributed by atoms with Gasteiger partial charge in [-0.05, 0) is 50.9 Å². The summed E-state index contributed by atoms with van der Waals surface area (Å²) in [4.78, 5) is 12.1. The summed E-state index contributed by atoms with van der Waals surface area (Å²) in [5.41, 5.74) is 6.45. The van der Waals surface area contributed by atoms with Gasteiger partial charge in [0, 0.05) is 49.4 Å². The van der Waals surface area contributed by atoms with Gasteiger partial charge in [-0.2, -0.15) is 0 Å². The largest absolute Gasteiger partial charge is 0.298 e. The van der Waals surface area contributed by atoms with Gasteiger partial charge in [-0.15, -0.1) is 0 Å². The first-order chi connectivity index (χ1) is 11.5. The van der Waals surface area contributed by atoms with Gasteiger partial charge in [0.15, 0.2) is 0 Å². The van der Waals surface area contributed by atoms with Crippen molar-refractivity contribution in [2.75, 3.05) is 13.1 Å². The molecule has 1 aromatic rings. The standard InChI is InChI=1S/C21H31N3/c1-15-5-4-10-21(2,3)18(15)8-11-24-12-9-19-17(14-24)13-22-20(23-19)16-6-7-16/h13,16H,4-12,14H2,1-3H3. The summed E-state index contributed by atoms with van der Waals surface area (Å²) in [7, 11) is 0. The third kappa shape index (κ3) is 3.28. The van der Waals surface area contributed by atoms with E-state index in [2.05, 4.69) is 36.9 Å². The van der Waals surface area contributed by atoms with E-state index in [1.807, 2.05) is 0 Å². The summed E-state index contributed by atoms with van der Waals surface area (Å²) >= 11 is 0. The van der Waals surface area contributed by atoms with E-state index in [1.54, 1.807) is 11.1 Å². The molecule has 2 aliphatic carbocycles. The number of aromatic nitrogens is 2. The molecule has 0 atom stereocenters. The van der Waals surface area contributed by atoms with Gasteiger partial charge in [0.05, 0.1) is 0 Å². The van der Waals surface area contributed by atoms with E-state index < -0.39 is 0 Å². The fraction of sp³-hybridized carbons (Fsp3) is 0.714. The lowest BCUT2D eigenvalue weighted by molar-refractivity contribution is 0.242. The summed E-state index contributed by atoms with van der Waals surface area (Å²) < 4.78 is 0. The predicted octanol–water partition coefficient (Wildman–Crippen LogP) is 4.63. The third-order valence-electron chi connectivity index (χ3n) is 6.34. The summed E-state index contributed by atoms with van der Waals surface area (Å²) in [5.74, 6) is 1.77. The van der Waals surface area contributed by atoms with Gasteiger partial charge in [0.1, 0.15) is 5.82 Å². The Kier molecular flexibility index (Phi) is 4.24. The molecule has 3 heteroatoms. The predicted molar refractivity (Wildman–Crippen MR) is 97.9 cm³/mol. The number of hydrogen-bond donors (Lipinski definition) is 0. The van der Waals surface area contributed by atoms with Crippen molar-refractivity contribution in [3.63, 3.8) is 0 Å². The molecule has 0 aromatic carbocycles. The summed E-state index contributed by atoms with van der Waals surface area (Å²) in [6.07, 6.45) is 11.0. The van der Waals surface area contributed by atoms with Crippen molar-refractivity contribution in [3.05, 3.63) is 34.4 Å². The monoisotopic (exact) mass is 325 g/mol. The van der Waals surface area contributed by atoms with Crippen LogP contribution < -0.4 is 0 Å². The smallest absolute Gasteiger partial charge is 0.131 e. The van der Waals surface area contributed by atoms with E-state index in [0.717, 1.165) is 25.3 Å². The minimum Gasteiger partial charge on any atom is -0.298 e. The first kappa shape index (κ1) is 16.3. The molecule has 0 N–H and O–H groups in total. The molecule has 0 bridgehead atoms. The van der Waals surface area contributed by atoms with Crippen molar-refractivity contribution < 1.29 is 0 Å². The van der Waals surface area contributed by atoms with E-state index in [0.29, 0.717) is 11.3 Å². The molecule has 0 radical (unpaired) electrons. The molecular weight excluding hydrogens is 294 g/mol. The summed E-state index contributed by atoms with van der Waals surface area (Å²) in [6.45, 7) is 10.6. The fourth-order valence-electron chi connectivity index (χ4n) is 4.62. The minimum absolute atomic E-state index is 0.401. The highest BCUT2D eigenvalue weighted by Crippen LogP contribution is 2.42. The van der Waals surface area contributed by atoms with Crippen molar-refractivity contribution in [1.29, 1.82) is 0 Å². The Bertz CT molecular complexity index is 655. The van der Waals surface area contributed by atoms with Crippen molar-refractivity contribution in [3.8, 4) is 0 Å². The Morgan fingerprint density at radius 1 is 1.25 bits per heavy atom. The second-order valence-corrected chi connectivity index (χ2v) is 8.75. The number of allylic oxidation sites excluding steroid dienone is 1. The molecule has 1 saturated carbocycles. The molecule has 0 saturated heterocycles. The van der Waals surface area contributed by atoms with E-state index >= 15 is 0 Å². The maximum atomic E-state index is 4.85. The highest BCUT2D eigenvalue weighted by atomic mass is 15.1. The molecule has 1 aromatic heterocycles. The van der Waals surface area contributed by atoms with Crippen LogP contribution in [0.4, 0.5) is 0 Å². The van der Waals surface area contributed by atoms with Gasteiger partial charge in [-0.1, -0.05) is 25.0 Å². The van der Waals surface area contributed by atoms with Crippen LogP contribution in [0.5, 0.6) is 0 Å². The van der Waals surface area contributed by atoms with Crippen LogP contribution in [0.15, 0.2) is 17.3 Å². The second-order valence-electron chi connectivity index (χ2n) is 8.75. The van der Waals surface area contributed by atoms with Gasteiger partial charge in [0.25, 0.3) is 0 Å². The molecule has 0 spiro atoms. The van der Waals surface area contributed by atoms with E-state index in [9.17, 15) is 0 Å². The van der Waals surface area contributed by atoms with Crippen LogP contribution in [0.25, 0.3) is 0 Å². The molecule has 1 aliphatic heterocycles. The zero-order valence-electron chi connectivity index (χ0n) is 15.6. The Balaban J connectivity index is 1.40. The zero-order chi connectivity index (χ0) is 16.7. The van der Waals surface area contributed by atoms with Crippen molar-refractivity contribution in [2.24, 2.45) is 5.41 Å². The molecular formula is C21H31N3. The molecule has 0 unspecified atom stereocenters. The average Bonchev–Trinajstić information content (AvgIpc) is 3.38. The van der Waals surface area contributed by atoms with Crippen molar-refractivity contribution >= 4 is 0 Å². The third-order valence-corrected chi connectivity index (χ3v) is 6.34. The molecule has 3 aliphatic rings. The minimum atomic E-state index is 0.401. The van der Waals surface area contributed by atoms with Crippen LogP contribution in [-0.2, 0) is 13.0 Å². The molecule has 4 rings (SSSR count). The SMILES string of the molecule is CC1=C(CCN2CCc3nc(C4CC4)ncc3C2)C(C)(C)CCC1. The molecule has 130 valence electrons. The van der Waals surface area contributed by atoms with Crippen LogP contribution in [0.1, 0.15) is 82.3 Å². The average molecular weight is 326 g/mol. The van der Waals surface area contributed by atoms with Crippen LogP contribution >= 0.6 is 0 Å². The number of nitrogens with zero attached hydrogens (tertiary/aromatic N) is 3. The maximum absolute atomic E-state index is 4.85. The Labute approximate surface area is 146 Å². The lowest BCUT2D eigenvalue weighted by atomic mass is 9.71. The first-order valence-electron chi connectivity index (χ1n) is 9.79. The molecule has 2 heterocycles. The van der Waals surface area contributed by atoms with Crippen molar-refractivity contribution in [1.82, 2.24) is 14.9 Å². The van der Waals surface area contributed by atoms with Crippen LogP contribution in [0.2, 0.25) is 0 Å². The van der Waals surface area contributed by atoms with Crippen LogP contribution in [0.3, 0.4) is 0 Å². The topological polar surface area (TPSA) is 29.0 Å². The van der Waals surface area contributed by atoms with Crippen molar-refractivity contribution in [2.45, 2.75) is 78.2 Å². The van der Waals surface area contributed by atoms with Gasteiger partial charge < -0.3 is 0 Å². The quantitative estimate of drug-likeness (QED) is 0.756. The lowest BCUT2D eigenvalue weighted by Gasteiger charge is -2.36. The molecule has 24 heavy (non-hydrogen) atoms. The van der Waals surface area contributed by atoms with E-state index in [4.69, 9.17) is 4.98 Å². The van der Waals surface area contributed by atoms with Crippen LogP contribution in [-0.4, -0.2) is 28.0 Å². The lowest BCUT2D eigenvalue weighted by Crippen LogP contribution is -2.33. The highest BCUT2D eigenvalue weighted by molar-refractivity contribution is 5.24. The first-order valence-corrected chi connectivity index (χ1v) is 9.79. The molecule has 3 nitrogen and oxygen atoms in total. The highest BCUT2D eigenvalue weighted by Gasteiger charge is 2.30. The Morgan fingerprint density at radius 2 is 2.08 bits per heavy atom. The summed E-state index contributed by atoms with van der Waals surface area (Å²) in [6, 6.07) is 0. The van der Waals surface area contributed by atoms with Gasteiger partial charge in [-0.3, -0.25) is 4.90 Å². The number of fused-ring (bicyclic) bond motifs is 1. The molecule has 1 fully saturated rings. The zero-order valence-corrected chi connectivity index (χ0v) is 15.6. The van der Waals surface area contributed by atoms with Gasteiger partial charge >= 0.3 is 0 Å². The van der Waals surface area contributed by atoms with Gasteiger partial charge in [-0.25, -0.2) is 9.97 Å². The van der Waals surface area contributed by atoms with Gasteiger partial charge in [0.2, 0.25) is 0 Å².